The normalized spacial score (nSPS) is 10.2. The van der Waals surface area contributed by atoms with Crippen molar-refractivity contribution in [2.24, 2.45) is 0 Å². The Kier molecular flexibility index (Phi) is 2.94. The minimum absolute atomic E-state index is 0.0529. The monoisotopic (exact) mass is 265 g/mol. The van der Waals surface area contributed by atoms with Gasteiger partial charge in [0.15, 0.2) is 0 Å². The van der Waals surface area contributed by atoms with Crippen LogP contribution in [0.25, 0.3) is 12.7 Å². The molecule has 0 aliphatic carbocycles. The molecule has 0 atom stereocenters. The second-order valence-corrected chi connectivity index (χ2v) is 4.47. The summed E-state index contributed by atoms with van der Waals surface area (Å²) < 4.78 is 0. The van der Waals surface area contributed by atoms with Crippen LogP contribution in [-0.4, -0.2) is 14.9 Å². The van der Waals surface area contributed by atoms with Crippen LogP contribution in [0.1, 0.15) is 4.88 Å². The fraction of sp³-hybridized carbons (Fsp3) is 0. The second kappa shape index (κ2) is 4.41. The number of H-pyrrole nitrogens is 2. The first-order chi connectivity index (χ1) is 8.47. The molecule has 2 N–H and O–H groups in total. The van der Waals surface area contributed by atoms with E-state index < -0.39 is 16.0 Å². The topological polar surface area (TPSA) is 109 Å². The Morgan fingerprint density at radius 1 is 1.28 bits per heavy atom. The highest BCUT2D eigenvalue weighted by molar-refractivity contribution is 7.16. The minimum Gasteiger partial charge on any atom is -0.308 e. The number of hydrogen-bond acceptors (Lipinski definition) is 5. The first kappa shape index (κ1) is 12.0. The van der Waals surface area contributed by atoms with Gasteiger partial charge in [0.2, 0.25) is 0 Å². The predicted molar refractivity (Wildman–Crippen MR) is 67.0 cm³/mol. The van der Waals surface area contributed by atoms with Crippen molar-refractivity contribution in [3.8, 4) is 0 Å². The van der Waals surface area contributed by atoms with Crippen LogP contribution in [-0.2, 0) is 0 Å². The molecule has 0 amide bonds. The Hall–Kier alpha value is -2.48. The SMILES string of the molecule is C=c1[nH]c(=O)c(=Cc2ccc([N+](=O)[O-])s2)c(=O)[nH]1. The molecule has 2 aromatic rings. The van der Waals surface area contributed by atoms with Gasteiger partial charge in [-0.3, -0.25) is 19.7 Å². The maximum absolute atomic E-state index is 11.5. The summed E-state index contributed by atoms with van der Waals surface area (Å²) in [7, 11) is 0. The fourth-order valence-electron chi connectivity index (χ4n) is 1.33. The van der Waals surface area contributed by atoms with E-state index in [4.69, 9.17) is 0 Å². The Bertz CT molecular complexity index is 793. The molecule has 7 nitrogen and oxygen atoms in total. The van der Waals surface area contributed by atoms with Crippen molar-refractivity contribution < 1.29 is 4.92 Å². The molecule has 0 aromatic carbocycles. The Morgan fingerprint density at radius 2 is 1.89 bits per heavy atom. The van der Waals surface area contributed by atoms with Crippen LogP contribution in [0.15, 0.2) is 21.7 Å². The Balaban J connectivity index is 2.64. The van der Waals surface area contributed by atoms with Gasteiger partial charge in [-0.2, -0.15) is 0 Å². The second-order valence-electron chi connectivity index (χ2n) is 3.38. The number of aromatic nitrogens is 2. The zero-order chi connectivity index (χ0) is 13.3. The average Bonchev–Trinajstić information content (AvgIpc) is 2.71. The molecule has 92 valence electrons. The van der Waals surface area contributed by atoms with Gasteiger partial charge in [0.05, 0.1) is 4.92 Å². The number of nitrogens with zero attached hydrogens (tertiary/aromatic N) is 1. The van der Waals surface area contributed by atoms with Crippen LogP contribution >= 0.6 is 11.3 Å². The molecule has 0 spiro atoms. The molecule has 0 unspecified atom stereocenters. The number of aromatic amines is 2. The van der Waals surface area contributed by atoms with Crippen molar-refractivity contribution in [2.45, 2.75) is 0 Å². The molecule has 2 aromatic heterocycles. The van der Waals surface area contributed by atoms with Gasteiger partial charge in [0.25, 0.3) is 11.1 Å². The van der Waals surface area contributed by atoms with E-state index in [-0.39, 0.29) is 15.7 Å². The Morgan fingerprint density at radius 3 is 2.39 bits per heavy atom. The zero-order valence-corrected chi connectivity index (χ0v) is 9.74. The van der Waals surface area contributed by atoms with Crippen LogP contribution in [0, 0.1) is 10.1 Å². The summed E-state index contributed by atoms with van der Waals surface area (Å²) in [6.45, 7) is 3.41. The number of hydrogen-bond donors (Lipinski definition) is 2. The molecule has 0 saturated heterocycles. The maximum Gasteiger partial charge on any atom is 0.324 e. The molecule has 0 saturated carbocycles. The van der Waals surface area contributed by atoms with Crippen LogP contribution < -0.4 is 21.8 Å². The van der Waals surface area contributed by atoms with Crippen molar-refractivity contribution in [1.29, 1.82) is 0 Å². The summed E-state index contributed by atoms with van der Waals surface area (Å²) in [6.07, 6.45) is 1.30. The summed E-state index contributed by atoms with van der Waals surface area (Å²) in [6, 6.07) is 2.79. The van der Waals surface area contributed by atoms with Crippen molar-refractivity contribution in [1.82, 2.24) is 9.97 Å². The van der Waals surface area contributed by atoms with Gasteiger partial charge in [0, 0.05) is 10.9 Å². The molecule has 0 fully saturated rings. The molecule has 0 aliphatic rings. The van der Waals surface area contributed by atoms with E-state index in [1.807, 2.05) is 0 Å². The van der Waals surface area contributed by atoms with E-state index in [0.29, 0.717) is 4.88 Å². The van der Waals surface area contributed by atoms with Gasteiger partial charge in [-0.1, -0.05) is 17.9 Å². The van der Waals surface area contributed by atoms with E-state index in [9.17, 15) is 19.7 Å². The molecular formula is C10H7N3O4S. The van der Waals surface area contributed by atoms with E-state index in [0.717, 1.165) is 11.3 Å². The molecule has 0 bridgehead atoms. The third-order valence-corrected chi connectivity index (χ3v) is 3.08. The molecule has 8 heteroatoms. The van der Waals surface area contributed by atoms with Crippen LogP contribution in [0.4, 0.5) is 5.00 Å². The van der Waals surface area contributed by atoms with Crippen LogP contribution in [0.5, 0.6) is 0 Å². The molecule has 2 heterocycles. The third-order valence-electron chi connectivity index (χ3n) is 2.10. The van der Waals surface area contributed by atoms with Gasteiger partial charge in [-0.25, -0.2) is 0 Å². The van der Waals surface area contributed by atoms with Gasteiger partial charge in [-0.05, 0) is 12.1 Å². The first-order valence-corrected chi connectivity index (χ1v) is 5.56. The highest BCUT2D eigenvalue weighted by Gasteiger charge is 2.08. The van der Waals surface area contributed by atoms with E-state index in [1.165, 1.54) is 18.2 Å². The highest BCUT2D eigenvalue weighted by atomic mass is 32.1. The average molecular weight is 265 g/mol. The fourth-order valence-corrected chi connectivity index (χ4v) is 2.10. The lowest BCUT2D eigenvalue weighted by Crippen LogP contribution is -2.47. The van der Waals surface area contributed by atoms with Gasteiger partial charge < -0.3 is 9.97 Å². The minimum atomic E-state index is -0.584. The van der Waals surface area contributed by atoms with E-state index >= 15 is 0 Å². The molecule has 2 rings (SSSR count). The molecule has 0 radical (unpaired) electrons. The van der Waals surface area contributed by atoms with Crippen molar-refractivity contribution in [3.05, 3.63) is 58.5 Å². The zero-order valence-electron chi connectivity index (χ0n) is 8.93. The van der Waals surface area contributed by atoms with Crippen LogP contribution in [0.2, 0.25) is 0 Å². The third kappa shape index (κ3) is 2.28. The number of nitrogens with one attached hydrogen (secondary N) is 2. The lowest BCUT2D eigenvalue weighted by atomic mass is 10.3. The number of rotatable bonds is 2. The molecule has 18 heavy (non-hydrogen) atoms. The van der Waals surface area contributed by atoms with Gasteiger partial charge >= 0.3 is 5.00 Å². The Labute approximate surface area is 103 Å². The summed E-state index contributed by atoms with van der Waals surface area (Å²) in [5.74, 6) is 0. The molecule has 0 aliphatic heterocycles. The lowest BCUT2D eigenvalue weighted by Gasteiger charge is -1.87. The van der Waals surface area contributed by atoms with Crippen molar-refractivity contribution >= 4 is 29.0 Å². The van der Waals surface area contributed by atoms with Crippen LogP contribution in [0.3, 0.4) is 0 Å². The maximum atomic E-state index is 11.5. The van der Waals surface area contributed by atoms with E-state index in [1.54, 1.807) is 0 Å². The van der Waals surface area contributed by atoms with Gasteiger partial charge in [-0.15, -0.1) is 0 Å². The number of thiophene rings is 1. The number of nitro groups is 1. The highest BCUT2D eigenvalue weighted by Crippen LogP contribution is 2.23. The summed E-state index contributed by atoms with van der Waals surface area (Å²) in [5, 5.41) is 10.3. The smallest absolute Gasteiger partial charge is 0.308 e. The first-order valence-electron chi connectivity index (χ1n) is 4.75. The van der Waals surface area contributed by atoms with Crippen molar-refractivity contribution in [2.75, 3.05) is 0 Å². The van der Waals surface area contributed by atoms with Crippen molar-refractivity contribution in [3.63, 3.8) is 0 Å². The quantitative estimate of drug-likeness (QED) is 0.551. The van der Waals surface area contributed by atoms with E-state index in [2.05, 4.69) is 16.5 Å². The summed E-state index contributed by atoms with van der Waals surface area (Å²) in [5.41, 5.74) is -1.06. The largest absolute Gasteiger partial charge is 0.324 e. The predicted octanol–water partition coefficient (Wildman–Crippen LogP) is -0.728. The van der Waals surface area contributed by atoms with Gasteiger partial charge in [0.1, 0.15) is 10.7 Å². The summed E-state index contributed by atoms with van der Waals surface area (Å²) >= 11 is 0.882. The lowest BCUT2D eigenvalue weighted by molar-refractivity contribution is -0.380. The standard InChI is InChI=1S/C10H7N3O4S/c1-5-11-9(14)7(10(15)12-5)4-6-2-3-8(18-6)13(16)17/h2-4H,1H2,(H,11,14)(H,12,15). The summed E-state index contributed by atoms with van der Waals surface area (Å²) in [4.78, 5) is 38.2. The molecular weight excluding hydrogens is 258 g/mol.